The van der Waals surface area contributed by atoms with E-state index in [4.69, 9.17) is 9.47 Å². The maximum absolute atomic E-state index is 6.33. The Balaban J connectivity index is 1.46. The second-order valence-corrected chi connectivity index (χ2v) is 6.49. The zero-order valence-electron chi connectivity index (χ0n) is 12.0. The van der Waals surface area contributed by atoms with Crippen LogP contribution >= 0.6 is 0 Å². The molecule has 0 aliphatic carbocycles. The number of hydrogen-bond donors (Lipinski definition) is 0. The molecule has 2 atom stereocenters. The van der Waals surface area contributed by atoms with Gasteiger partial charge < -0.3 is 9.47 Å². The Kier molecular flexibility index (Phi) is 3.20. The third kappa shape index (κ3) is 2.23. The van der Waals surface area contributed by atoms with E-state index in [1.165, 1.54) is 37.8 Å². The zero-order valence-corrected chi connectivity index (χ0v) is 12.0. The van der Waals surface area contributed by atoms with Crippen LogP contribution < -0.4 is 4.74 Å². The van der Waals surface area contributed by atoms with Crippen LogP contribution in [0.25, 0.3) is 0 Å². The molecule has 2 saturated heterocycles. The van der Waals surface area contributed by atoms with Gasteiger partial charge in [-0.2, -0.15) is 0 Å². The third-order valence-electron chi connectivity index (χ3n) is 5.10. The summed E-state index contributed by atoms with van der Waals surface area (Å²) in [5.74, 6) is 1.11. The van der Waals surface area contributed by atoms with Crippen molar-refractivity contribution < 1.29 is 9.47 Å². The van der Waals surface area contributed by atoms with Gasteiger partial charge in [-0.15, -0.1) is 0 Å². The highest BCUT2D eigenvalue weighted by Crippen LogP contribution is 2.41. The summed E-state index contributed by atoms with van der Waals surface area (Å²) in [5, 5.41) is 0. The summed E-state index contributed by atoms with van der Waals surface area (Å²) in [6, 6.07) is 9.23. The van der Waals surface area contributed by atoms with Crippen LogP contribution in [0.2, 0.25) is 0 Å². The number of likely N-dealkylation sites (tertiary alicyclic amines) is 1. The molecule has 108 valence electrons. The summed E-state index contributed by atoms with van der Waals surface area (Å²) in [7, 11) is 0. The van der Waals surface area contributed by atoms with Gasteiger partial charge in [0.25, 0.3) is 0 Å². The normalized spacial score (nSPS) is 33.9. The summed E-state index contributed by atoms with van der Waals surface area (Å²) in [5.41, 5.74) is 1.44. The number of rotatable bonds is 1. The maximum Gasteiger partial charge on any atom is 0.127 e. The Morgan fingerprint density at radius 2 is 2.10 bits per heavy atom. The topological polar surface area (TPSA) is 21.7 Å². The molecule has 0 radical (unpaired) electrons. The van der Waals surface area contributed by atoms with Gasteiger partial charge in [0.2, 0.25) is 0 Å². The third-order valence-corrected chi connectivity index (χ3v) is 5.10. The van der Waals surface area contributed by atoms with Crippen molar-refractivity contribution >= 4 is 0 Å². The van der Waals surface area contributed by atoms with E-state index in [-0.39, 0.29) is 5.60 Å². The highest BCUT2D eigenvalue weighted by Gasteiger charge is 2.46. The molecule has 3 aliphatic heterocycles. The second-order valence-electron chi connectivity index (χ2n) is 6.49. The molecule has 0 bridgehead atoms. The molecule has 1 unspecified atom stereocenters. The van der Waals surface area contributed by atoms with Gasteiger partial charge in [-0.3, -0.25) is 4.90 Å². The minimum Gasteiger partial charge on any atom is -0.485 e. The molecule has 3 nitrogen and oxygen atoms in total. The number of para-hydroxylation sites is 1. The van der Waals surface area contributed by atoms with E-state index in [2.05, 4.69) is 29.2 Å². The van der Waals surface area contributed by atoms with Gasteiger partial charge in [0.05, 0.1) is 0 Å². The first kappa shape index (κ1) is 12.7. The van der Waals surface area contributed by atoms with Gasteiger partial charge in [-0.25, -0.2) is 0 Å². The molecule has 0 N–H and O–H groups in total. The predicted molar refractivity (Wildman–Crippen MR) is 78.2 cm³/mol. The SMILES string of the molecule is c1ccc2c(c1)C[C@]1(CCN(C3CCCOCC3)C1)O2. The molecule has 1 aromatic rings. The molecule has 1 spiro atoms. The van der Waals surface area contributed by atoms with Gasteiger partial charge in [-0.05, 0) is 30.9 Å². The quantitative estimate of drug-likeness (QED) is 0.785. The average molecular weight is 273 g/mol. The Bertz CT molecular complexity index is 455. The van der Waals surface area contributed by atoms with Gasteiger partial charge in [0.1, 0.15) is 11.4 Å². The van der Waals surface area contributed by atoms with Crippen LogP contribution in [0.1, 0.15) is 31.2 Å². The first-order valence-corrected chi connectivity index (χ1v) is 7.93. The molecule has 3 heteroatoms. The van der Waals surface area contributed by atoms with E-state index >= 15 is 0 Å². The molecular formula is C17H23NO2. The van der Waals surface area contributed by atoms with Crippen molar-refractivity contribution in [2.24, 2.45) is 0 Å². The van der Waals surface area contributed by atoms with Crippen LogP contribution in [0.15, 0.2) is 24.3 Å². The number of hydrogen-bond acceptors (Lipinski definition) is 3. The summed E-state index contributed by atoms with van der Waals surface area (Å²) in [6.45, 7) is 4.14. The Morgan fingerprint density at radius 3 is 3.05 bits per heavy atom. The molecule has 0 amide bonds. The summed E-state index contributed by atoms with van der Waals surface area (Å²) in [4.78, 5) is 2.65. The molecule has 20 heavy (non-hydrogen) atoms. The summed E-state index contributed by atoms with van der Waals surface area (Å²) in [6.07, 6.45) is 5.92. The Hall–Kier alpha value is -1.06. The highest BCUT2D eigenvalue weighted by atomic mass is 16.5. The molecule has 2 fully saturated rings. The highest BCUT2D eigenvalue weighted by molar-refractivity contribution is 5.39. The monoisotopic (exact) mass is 273 g/mol. The molecule has 0 saturated carbocycles. The van der Waals surface area contributed by atoms with E-state index in [0.29, 0.717) is 6.04 Å². The van der Waals surface area contributed by atoms with Crippen molar-refractivity contribution in [2.75, 3.05) is 26.3 Å². The van der Waals surface area contributed by atoms with E-state index in [1.54, 1.807) is 0 Å². The van der Waals surface area contributed by atoms with Gasteiger partial charge in [0, 0.05) is 45.2 Å². The molecule has 3 heterocycles. The molecule has 0 aromatic heterocycles. The van der Waals surface area contributed by atoms with Crippen molar-refractivity contribution in [3.63, 3.8) is 0 Å². The zero-order chi connectivity index (χ0) is 13.4. The standard InChI is InChI=1S/C17H23NO2/c1-2-6-16-14(4-1)12-17(20-16)8-9-18(13-17)15-5-3-10-19-11-7-15/h1-2,4,6,15H,3,5,7-13H2/t15?,17-/m0/s1. The lowest BCUT2D eigenvalue weighted by molar-refractivity contribution is 0.0878. The van der Waals surface area contributed by atoms with Crippen LogP contribution in [-0.4, -0.2) is 42.8 Å². The Labute approximate surface area is 120 Å². The van der Waals surface area contributed by atoms with Crippen LogP contribution in [0.4, 0.5) is 0 Å². The van der Waals surface area contributed by atoms with Crippen molar-refractivity contribution in [2.45, 2.75) is 43.7 Å². The van der Waals surface area contributed by atoms with Crippen LogP contribution in [0, 0.1) is 0 Å². The van der Waals surface area contributed by atoms with Crippen LogP contribution in [0.3, 0.4) is 0 Å². The lowest BCUT2D eigenvalue weighted by atomic mass is 9.96. The van der Waals surface area contributed by atoms with E-state index in [9.17, 15) is 0 Å². The van der Waals surface area contributed by atoms with Crippen molar-refractivity contribution in [1.29, 1.82) is 0 Å². The largest absolute Gasteiger partial charge is 0.485 e. The molecule has 1 aromatic carbocycles. The Morgan fingerprint density at radius 1 is 1.15 bits per heavy atom. The van der Waals surface area contributed by atoms with Gasteiger partial charge >= 0.3 is 0 Å². The predicted octanol–water partition coefficient (Wildman–Crippen LogP) is 2.64. The maximum atomic E-state index is 6.33. The van der Waals surface area contributed by atoms with E-state index in [1.807, 2.05) is 0 Å². The van der Waals surface area contributed by atoms with Crippen molar-refractivity contribution in [3.05, 3.63) is 29.8 Å². The van der Waals surface area contributed by atoms with E-state index < -0.39 is 0 Å². The van der Waals surface area contributed by atoms with Gasteiger partial charge in [-0.1, -0.05) is 18.2 Å². The summed E-state index contributed by atoms with van der Waals surface area (Å²) >= 11 is 0. The van der Waals surface area contributed by atoms with Crippen molar-refractivity contribution in [3.8, 4) is 5.75 Å². The van der Waals surface area contributed by atoms with Crippen LogP contribution in [0.5, 0.6) is 5.75 Å². The molecular weight excluding hydrogens is 250 g/mol. The first-order valence-electron chi connectivity index (χ1n) is 7.93. The smallest absolute Gasteiger partial charge is 0.127 e. The minimum atomic E-state index is 0.0524. The summed E-state index contributed by atoms with van der Waals surface area (Å²) < 4.78 is 11.9. The number of fused-ring (bicyclic) bond motifs is 1. The first-order chi connectivity index (χ1) is 9.85. The van der Waals surface area contributed by atoms with Crippen molar-refractivity contribution in [1.82, 2.24) is 4.90 Å². The lowest BCUT2D eigenvalue weighted by Crippen LogP contribution is -2.41. The minimum absolute atomic E-state index is 0.0524. The molecule has 4 rings (SSSR count). The molecule has 3 aliphatic rings. The van der Waals surface area contributed by atoms with Crippen LogP contribution in [-0.2, 0) is 11.2 Å². The number of ether oxygens (including phenoxy) is 2. The fraction of sp³-hybridized carbons (Fsp3) is 0.647. The number of benzene rings is 1. The number of nitrogens with zero attached hydrogens (tertiary/aromatic N) is 1. The fourth-order valence-corrected chi connectivity index (χ4v) is 4.03. The second kappa shape index (κ2) is 5.05. The van der Waals surface area contributed by atoms with Gasteiger partial charge in [0.15, 0.2) is 0 Å². The fourth-order valence-electron chi connectivity index (χ4n) is 4.03. The average Bonchev–Trinajstić information content (AvgIpc) is 2.92. The lowest BCUT2D eigenvalue weighted by Gasteiger charge is -2.29. The van der Waals surface area contributed by atoms with E-state index in [0.717, 1.165) is 31.9 Å².